The Labute approximate surface area is 190 Å². The van der Waals surface area contributed by atoms with Gasteiger partial charge in [0, 0.05) is 10.8 Å². The third-order valence-corrected chi connectivity index (χ3v) is 6.52. The summed E-state index contributed by atoms with van der Waals surface area (Å²) >= 11 is 0. The molecule has 5 aromatic carbocycles. The highest BCUT2D eigenvalue weighted by molar-refractivity contribution is 7.72. The SMILES string of the molecule is O=C(Oc1ccccc1)P(=O)(Oc1cccc2ccccc12)Oc1cccc2ccccc12. The van der Waals surface area contributed by atoms with Crippen LogP contribution in [0.2, 0.25) is 0 Å². The summed E-state index contributed by atoms with van der Waals surface area (Å²) in [5.41, 5.74) is -1.10. The van der Waals surface area contributed by atoms with Gasteiger partial charge in [0.25, 0.3) is 0 Å². The first-order chi connectivity index (χ1) is 16.1. The summed E-state index contributed by atoms with van der Waals surface area (Å²) in [7, 11) is -4.49. The van der Waals surface area contributed by atoms with Crippen LogP contribution in [0.4, 0.5) is 4.79 Å². The monoisotopic (exact) mass is 454 g/mol. The Morgan fingerprint density at radius 3 is 1.55 bits per heavy atom. The summed E-state index contributed by atoms with van der Waals surface area (Å²) in [6, 6.07) is 34.0. The van der Waals surface area contributed by atoms with E-state index in [4.69, 9.17) is 13.8 Å². The zero-order chi connectivity index (χ0) is 22.7. The van der Waals surface area contributed by atoms with Gasteiger partial charge < -0.3 is 13.8 Å². The Morgan fingerprint density at radius 1 is 0.545 bits per heavy atom. The van der Waals surface area contributed by atoms with E-state index in [0.29, 0.717) is 10.8 Å². The number of benzene rings is 5. The molecule has 6 heteroatoms. The molecule has 0 spiro atoms. The lowest BCUT2D eigenvalue weighted by Gasteiger charge is -2.20. The quantitative estimate of drug-likeness (QED) is 0.245. The van der Waals surface area contributed by atoms with Crippen molar-refractivity contribution in [2.24, 2.45) is 0 Å². The van der Waals surface area contributed by atoms with Crippen molar-refractivity contribution in [1.82, 2.24) is 0 Å². The normalized spacial score (nSPS) is 11.3. The highest BCUT2D eigenvalue weighted by Crippen LogP contribution is 2.52. The van der Waals surface area contributed by atoms with Crippen molar-refractivity contribution >= 4 is 34.9 Å². The fourth-order valence-corrected chi connectivity index (χ4v) is 4.79. The predicted molar refractivity (Wildman–Crippen MR) is 129 cm³/mol. The van der Waals surface area contributed by atoms with Crippen LogP contribution < -0.4 is 13.8 Å². The number of para-hydroxylation sites is 1. The Balaban J connectivity index is 1.58. The van der Waals surface area contributed by atoms with Crippen LogP contribution in [-0.2, 0) is 4.57 Å². The number of carbonyl (C=O) groups is 1. The van der Waals surface area contributed by atoms with Crippen molar-refractivity contribution in [3.63, 3.8) is 0 Å². The summed E-state index contributed by atoms with van der Waals surface area (Å²) in [5.74, 6) is 0.772. The standard InChI is InChI=1S/C27H19O5P/c28-27(30-22-14-2-1-3-15-22)33(29,31-25-18-8-12-20-10-4-6-16-23(20)25)32-26-19-9-13-21-11-5-7-17-24(21)26/h1-19H. The van der Waals surface area contributed by atoms with Crippen LogP contribution in [0.3, 0.4) is 0 Å². The molecule has 162 valence electrons. The number of fused-ring (bicyclic) bond motifs is 2. The first-order valence-electron chi connectivity index (χ1n) is 10.3. The smallest absolute Gasteiger partial charge is 0.416 e. The molecule has 0 saturated carbocycles. The lowest BCUT2D eigenvalue weighted by atomic mass is 10.1. The van der Waals surface area contributed by atoms with E-state index in [-0.39, 0.29) is 17.2 Å². The second-order valence-corrected chi connectivity index (χ2v) is 9.04. The van der Waals surface area contributed by atoms with Gasteiger partial charge in [-0.1, -0.05) is 91.0 Å². The maximum atomic E-state index is 14.0. The second kappa shape index (κ2) is 8.81. The number of rotatable bonds is 6. The molecule has 0 fully saturated rings. The Bertz CT molecular complexity index is 1400. The molecule has 0 N–H and O–H groups in total. The molecular formula is C27H19O5P. The summed E-state index contributed by atoms with van der Waals surface area (Å²) in [5, 5.41) is 3.16. The minimum Gasteiger partial charge on any atom is -0.416 e. The van der Waals surface area contributed by atoms with Gasteiger partial charge in [0.05, 0.1) is 0 Å². The Morgan fingerprint density at radius 2 is 1.00 bits per heavy atom. The number of carbonyl (C=O) groups excluding carboxylic acids is 1. The van der Waals surface area contributed by atoms with Gasteiger partial charge >= 0.3 is 13.3 Å². The predicted octanol–water partition coefficient (Wildman–Crippen LogP) is 7.84. The Kier molecular flexibility index (Phi) is 5.55. The fourth-order valence-electron chi connectivity index (χ4n) is 3.55. The van der Waals surface area contributed by atoms with Gasteiger partial charge in [0.15, 0.2) is 0 Å². The van der Waals surface area contributed by atoms with Crippen LogP contribution >= 0.6 is 7.60 Å². The van der Waals surface area contributed by atoms with Crippen molar-refractivity contribution in [2.75, 3.05) is 0 Å². The number of ether oxygens (including phenoxy) is 1. The van der Waals surface area contributed by atoms with Gasteiger partial charge in [-0.25, -0.2) is 9.36 Å². The first kappa shape index (κ1) is 20.8. The van der Waals surface area contributed by atoms with Crippen LogP contribution in [0.15, 0.2) is 115 Å². The summed E-state index contributed by atoms with van der Waals surface area (Å²) in [4.78, 5) is 13.2. The molecule has 33 heavy (non-hydrogen) atoms. The zero-order valence-electron chi connectivity index (χ0n) is 17.5. The van der Waals surface area contributed by atoms with Crippen molar-refractivity contribution in [3.05, 3.63) is 115 Å². The van der Waals surface area contributed by atoms with E-state index in [1.165, 1.54) is 0 Å². The molecule has 0 aliphatic carbocycles. The average Bonchev–Trinajstić information content (AvgIpc) is 2.85. The van der Waals surface area contributed by atoms with Crippen LogP contribution in [0, 0.1) is 0 Å². The van der Waals surface area contributed by atoms with E-state index in [1.54, 1.807) is 54.6 Å². The molecule has 5 rings (SSSR count). The highest BCUT2D eigenvalue weighted by atomic mass is 31.2. The molecule has 0 atom stereocenters. The van der Waals surface area contributed by atoms with Crippen molar-refractivity contribution < 1.29 is 23.1 Å². The highest BCUT2D eigenvalue weighted by Gasteiger charge is 2.42. The fraction of sp³-hybridized carbons (Fsp3) is 0. The van der Waals surface area contributed by atoms with E-state index in [1.807, 2.05) is 60.7 Å². The van der Waals surface area contributed by atoms with Crippen LogP contribution in [0.1, 0.15) is 0 Å². The molecule has 5 aromatic rings. The summed E-state index contributed by atoms with van der Waals surface area (Å²) in [6.45, 7) is 0. The molecule has 0 aliphatic rings. The van der Waals surface area contributed by atoms with Gasteiger partial charge in [0.2, 0.25) is 0 Å². The van der Waals surface area contributed by atoms with Crippen molar-refractivity contribution in [2.45, 2.75) is 0 Å². The van der Waals surface area contributed by atoms with Gasteiger partial charge in [-0.3, -0.25) is 0 Å². The van der Waals surface area contributed by atoms with Crippen molar-refractivity contribution in [1.29, 1.82) is 0 Å². The lowest BCUT2D eigenvalue weighted by Crippen LogP contribution is -2.15. The Hall–Kier alpha value is -4.08. The van der Waals surface area contributed by atoms with E-state index < -0.39 is 13.3 Å². The van der Waals surface area contributed by atoms with Gasteiger partial charge in [0.1, 0.15) is 17.2 Å². The van der Waals surface area contributed by atoms with Gasteiger partial charge in [-0.2, -0.15) is 0 Å². The molecule has 0 aliphatic heterocycles. The van der Waals surface area contributed by atoms with Crippen molar-refractivity contribution in [3.8, 4) is 17.2 Å². The molecule has 0 heterocycles. The summed E-state index contributed by atoms with van der Waals surface area (Å²) in [6.07, 6.45) is 0. The minimum atomic E-state index is -4.49. The van der Waals surface area contributed by atoms with Crippen LogP contribution in [-0.4, -0.2) is 5.71 Å². The maximum Gasteiger partial charge on any atom is 0.540 e. The molecule has 0 amide bonds. The average molecular weight is 454 g/mol. The molecule has 0 unspecified atom stereocenters. The zero-order valence-corrected chi connectivity index (χ0v) is 18.4. The largest absolute Gasteiger partial charge is 0.540 e. The van der Waals surface area contributed by atoms with Gasteiger partial charge in [-0.15, -0.1) is 0 Å². The second-order valence-electron chi connectivity index (χ2n) is 7.32. The molecule has 0 aromatic heterocycles. The van der Waals surface area contributed by atoms with E-state index >= 15 is 0 Å². The minimum absolute atomic E-state index is 0.241. The molecule has 0 saturated heterocycles. The van der Waals surface area contributed by atoms with E-state index in [0.717, 1.165) is 10.8 Å². The molecule has 0 radical (unpaired) electrons. The maximum absolute atomic E-state index is 14.0. The number of hydrogen-bond donors (Lipinski definition) is 0. The topological polar surface area (TPSA) is 61.8 Å². The molecule has 5 nitrogen and oxygen atoms in total. The molecular weight excluding hydrogens is 435 g/mol. The number of hydrogen-bond acceptors (Lipinski definition) is 5. The first-order valence-corrected chi connectivity index (χ1v) is 11.9. The van der Waals surface area contributed by atoms with E-state index in [9.17, 15) is 9.36 Å². The third-order valence-electron chi connectivity index (χ3n) is 5.11. The van der Waals surface area contributed by atoms with Crippen LogP contribution in [0.25, 0.3) is 21.5 Å². The third kappa shape index (κ3) is 4.32. The summed E-state index contributed by atoms with van der Waals surface area (Å²) < 4.78 is 31.1. The van der Waals surface area contributed by atoms with Crippen LogP contribution in [0.5, 0.6) is 17.2 Å². The lowest BCUT2D eigenvalue weighted by molar-refractivity contribution is 0.215. The van der Waals surface area contributed by atoms with Gasteiger partial charge in [-0.05, 0) is 35.0 Å². The van der Waals surface area contributed by atoms with E-state index in [2.05, 4.69) is 0 Å². The molecule has 0 bridgehead atoms.